The summed E-state index contributed by atoms with van der Waals surface area (Å²) in [6, 6.07) is 1.85. The molecule has 3 aliphatic rings. The lowest BCUT2D eigenvalue weighted by Crippen LogP contribution is -2.51. The minimum absolute atomic E-state index is 0.725. The smallest absolute Gasteiger partial charge is 0.225 e. The summed E-state index contributed by atoms with van der Waals surface area (Å²) in [5.74, 6) is 4.24. The maximum absolute atomic E-state index is 6.26. The molecular formula is C19H30N6. The van der Waals surface area contributed by atoms with E-state index in [1.54, 1.807) is 12.4 Å². The molecule has 2 N–H and O–H groups in total. The van der Waals surface area contributed by atoms with Crippen LogP contribution in [0.1, 0.15) is 38.5 Å². The molecule has 136 valence electrons. The van der Waals surface area contributed by atoms with Crippen LogP contribution >= 0.6 is 0 Å². The number of nitrogens with zero attached hydrogens (tertiary/aromatic N) is 5. The van der Waals surface area contributed by atoms with Crippen LogP contribution in [0.4, 0.5) is 5.95 Å². The van der Waals surface area contributed by atoms with Gasteiger partial charge in [0.05, 0.1) is 0 Å². The summed E-state index contributed by atoms with van der Waals surface area (Å²) < 4.78 is 0. The van der Waals surface area contributed by atoms with Crippen molar-refractivity contribution >= 4 is 11.9 Å². The third-order valence-corrected chi connectivity index (χ3v) is 6.16. The Morgan fingerprint density at radius 2 is 1.80 bits per heavy atom. The maximum atomic E-state index is 6.26. The molecule has 2 heterocycles. The number of piperazine rings is 1. The molecule has 0 amide bonds. The lowest BCUT2D eigenvalue weighted by atomic mass is 9.85. The number of hydrogen-bond donors (Lipinski definition) is 1. The second-order valence-electron chi connectivity index (χ2n) is 7.78. The fraction of sp³-hybridized carbons (Fsp3) is 0.737. The molecule has 0 aromatic carbocycles. The van der Waals surface area contributed by atoms with E-state index in [0.717, 1.165) is 62.4 Å². The highest BCUT2D eigenvalue weighted by molar-refractivity contribution is 5.78. The van der Waals surface area contributed by atoms with Crippen LogP contribution in [0, 0.1) is 17.8 Å². The van der Waals surface area contributed by atoms with Gasteiger partial charge in [0.1, 0.15) is 0 Å². The van der Waals surface area contributed by atoms with E-state index in [-0.39, 0.29) is 0 Å². The van der Waals surface area contributed by atoms with Gasteiger partial charge in [0, 0.05) is 45.1 Å². The minimum Gasteiger partial charge on any atom is -0.370 e. The van der Waals surface area contributed by atoms with Gasteiger partial charge in [-0.2, -0.15) is 0 Å². The molecule has 1 aromatic rings. The average Bonchev–Trinajstić information content (AvgIpc) is 3.47. The summed E-state index contributed by atoms with van der Waals surface area (Å²) in [5.41, 5.74) is 6.26. The second kappa shape index (κ2) is 7.58. The molecule has 0 bridgehead atoms. The number of aliphatic imine (C=N–C) groups is 1. The van der Waals surface area contributed by atoms with E-state index in [4.69, 9.17) is 10.7 Å². The maximum Gasteiger partial charge on any atom is 0.225 e. The topological polar surface area (TPSA) is 70.6 Å². The van der Waals surface area contributed by atoms with Crippen LogP contribution in [0.5, 0.6) is 0 Å². The van der Waals surface area contributed by atoms with E-state index in [1.165, 1.54) is 38.5 Å². The third-order valence-electron chi connectivity index (χ3n) is 6.16. The summed E-state index contributed by atoms with van der Waals surface area (Å²) in [4.78, 5) is 17.8. The van der Waals surface area contributed by atoms with Crippen LogP contribution in [-0.2, 0) is 0 Å². The Hall–Kier alpha value is -1.85. The summed E-state index contributed by atoms with van der Waals surface area (Å²) in [7, 11) is 0. The molecular weight excluding hydrogens is 312 g/mol. The first-order valence-electron chi connectivity index (χ1n) is 9.88. The zero-order valence-corrected chi connectivity index (χ0v) is 15.1. The summed E-state index contributed by atoms with van der Waals surface area (Å²) in [6.45, 7) is 4.51. The van der Waals surface area contributed by atoms with Crippen LogP contribution < -0.4 is 10.6 Å². The Labute approximate surface area is 150 Å². The predicted octanol–water partition coefficient (Wildman–Crippen LogP) is 2.13. The highest BCUT2D eigenvalue weighted by Crippen LogP contribution is 2.49. The van der Waals surface area contributed by atoms with E-state index in [9.17, 15) is 0 Å². The Balaban J connectivity index is 1.22. The molecule has 1 aliphatic heterocycles. The number of anilines is 1. The zero-order valence-electron chi connectivity index (χ0n) is 15.1. The number of hydrogen-bond acceptors (Lipinski definition) is 4. The second-order valence-corrected chi connectivity index (χ2v) is 7.78. The van der Waals surface area contributed by atoms with Crippen molar-refractivity contribution in [3.05, 3.63) is 18.5 Å². The van der Waals surface area contributed by atoms with Gasteiger partial charge in [0.2, 0.25) is 5.95 Å². The van der Waals surface area contributed by atoms with Crippen LogP contribution in [0.3, 0.4) is 0 Å². The Bertz CT molecular complexity index is 575. The average molecular weight is 342 g/mol. The molecule has 0 spiro atoms. The molecule has 25 heavy (non-hydrogen) atoms. The first kappa shape index (κ1) is 16.6. The van der Waals surface area contributed by atoms with Crippen molar-refractivity contribution in [3.63, 3.8) is 0 Å². The van der Waals surface area contributed by atoms with Crippen LogP contribution in [0.25, 0.3) is 0 Å². The van der Waals surface area contributed by atoms with Gasteiger partial charge in [0.15, 0.2) is 5.96 Å². The SMILES string of the molecule is NC(=NC[C@@H]1C[C@H]1C1CCCCC1)N1CCN(c2ncccn2)CC1. The molecule has 0 unspecified atom stereocenters. The van der Waals surface area contributed by atoms with Gasteiger partial charge in [-0.15, -0.1) is 0 Å². The van der Waals surface area contributed by atoms with Gasteiger partial charge in [-0.3, -0.25) is 4.99 Å². The Kier molecular flexibility index (Phi) is 5.04. The predicted molar refractivity (Wildman–Crippen MR) is 100 cm³/mol. The van der Waals surface area contributed by atoms with Crippen LogP contribution in [0.15, 0.2) is 23.5 Å². The summed E-state index contributed by atoms with van der Waals surface area (Å²) >= 11 is 0. The monoisotopic (exact) mass is 342 g/mol. The molecule has 6 heteroatoms. The molecule has 6 nitrogen and oxygen atoms in total. The molecule has 1 aromatic heterocycles. The van der Waals surface area contributed by atoms with E-state index in [2.05, 4.69) is 19.8 Å². The van der Waals surface area contributed by atoms with Crippen LogP contribution in [0.2, 0.25) is 0 Å². The van der Waals surface area contributed by atoms with Crippen molar-refractivity contribution in [1.82, 2.24) is 14.9 Å². The lowest BCUT2D eigenvalue weighted by Gasteiger charge is -2.35. The molecule has 4 rings (SSSR count). The van der Waals surface area contributed by atoms with Crippen molar-refractivity contribution in [2.75, 3.05) is 37.6 Å². The van der Waals surface area contributed by atoms with Crippen molar-refractivity contribution in [2.24, 2.45) is 28.5 Å². The number of guanidine groups is 1. The van der Waals surface area contributed by atoms with Crippen molar-refractivity contribution < 1.29 is 0 Å². The molecule has 2 atom stereocenters. The highest BCUT2D eigenvalue weighted by Gasteiger charge is 2.42. The standard InChI is InChI=1S/C19H30N6/c20-18(23-14-16-13-17(16)15-5-2-1-3-6-15)24-9-11-25(12-10-24)19-21-7-4-8-22-19/h4,7-8,15-17H,1-3,5-6,9-14H2,(H2,20,23)/t16-,17-/m0/s1. The molecule has 1 saturated heterocycles. The van der Waals surface area contributed by atoms with E-state index in [0.29, 0.717) is 0 Å². The summed E-state index contributed by atoms with van der Waals surface area (Å²) in [6.07, 6.45) is 12.2. The van der Waals surface area contributed by atoms with E-state index >= 15 is 0 Å². The van der Waals surface area contributed by atoms with Gasteiger partial charge in [0.25, 0.3) is 0 Å². The fourth-order valence-electron chi connectivity index (χ4n) is 4.52. The number of aromatic nitrogens is 2. The largest absolute Gasteiger partial charge is 0.370 e. The minimum atomic E-state index is 0.725. The van der Waals surface area contributed by atoms with Crippen molar-refractivity contribution in [3.8, 4) is 0 Å². The van der Waals surface area contributed by atoms with E-state index in [1.807, 2.05) is 6.07 Å². The van der Waals surface area contributed by atoms with Crippen LogP contribution in [-0.4, -0.2) is 53.6 Å². The Morgan fingerprint density at radius 1 is 1.08 bits per heavy atom. The zero-order chi connectivity index (χ0) is 17.1. The van der Waals surface area contributed by atoms with Crippen molar-refractivity contribution in [2.45, 2.75) is 38.5 Å². The first-order chi connectivity index (χ1) is 12.3. The number of nitrogens with two attached hydrogens (primary N) is 1. The van der Waals surface area contributed by atoms with Gasteiger partial charge in [-0.1, -0.05) is 32.1 Å². The molecule has 3 fully saturated rings. The number of rotatable bonds is 4. The highest BCUT2D eigenvalue weighted by atomic mass is 15.3. The van der Waals surface area contributed by atoms with Gasteiger partial charge >= 0.3 is 0 Å². The first-order valence-corrected chi connectivity index (χ1v) is 9.88. The molecule has 2 saturated carbocycles. The van der Waals surface area contributed by atoms with Gasteiger partial charge < -0.3 is 15.5 Å². The quantitative estimate of drug-likeness (QED) is 0.670. The normalized spacial score (nSPS) is 28.2. The third kappa shape index (κ3) is 4.05. The fourth-order valence-corrected chi connectivity index (χ4v) is 4.52. The lowest BCUT2D eigenvalue weighted by molar-refractivity contribution is 0.310. The van der Waals surface area contributed by atoms with Gasteiger partial charge in [-0.25, -0.2) is 9.97 Å². The molecule has 2 aliphatic carbocycles. The van der Waals surface area contributed by atoms with E-state index < -0.39 is 0 Å². The van der Waals surface area contributed by atoms with Gasteiger partial charge in [-0.05, 0) is 30.2 Å². The molecule has 0 radical (unpaired) electrons. The summed E-state index contributed by atoms with van der Waals surface area (Å²) in [5, 5.41) is 0. The van der Waals surface area contributed by atoms with Crippen molar-refractivity contribution in [1.29, 1.82) is 0 Å². The Morgan fingerprint density at radius 3 is 2.52 bits per heavy atom.